The first-order valence-corrected chi connectivity index (χ1v) is 5.81. The van der Waals surface area contributed by atoms with Gasteiger partial charge in [-0.15, -0.1) is 0 Å². The third-order valence-electron chi connectivity index (χ3n) is 2.83. The number of ether oxygens (including phenoxy) is 1. The maximum absolute atomic E-state index is 11.9. The van der Waals surface area contributed by atoms with Gasteiger partial charge in [-0.1, -0.05) is 19.9 Å². The van der Waals surface area contributed by atoms with Gasteiger partial charge in [0, 0.05) is 18.2 Å². The van der Waals surface area contributed by atoms with Crippen LogP contribution in [0.2, 0.25) is 0 Å². The maximum atomic E-state index is 11.9. The highest BCUT2D eigenvalue weighted by Gasteiger charge is 2.29. The molecule has 0 saturated heterocycles. The highest BCUT2D eigenvalue weighted by molar-refractivity contribution is 5.95. The molecule has 90 valence electrons. The number of hydrogen-bond donors (Lipinski definition) is 0. The van der Waals surface area contributed by atoms with Gasteiger partial charge in [-0.05, 0) is 30.9 Å². The fourth-order valence-corrected chi connectivity index (χ4v) is 1.86. The van der Waals surface area contributed by atoms with Crippen LogP contribution >= 0.6 is 0 Å². The molecule has 0 amide bonds. The Balaban J connectivity index is 2.15. The summed E-state index contributed by atoms with van der Waals surface area (Å²) in [6, 6.07) is 5.53. The molecule has 2 rings (SSSR count). The number of hydrogen-bond acceptors (Lipinski definition) is 3. The quantitative estimate of drug-likeness (QED) is 0.785. The maximum Gasteiger partial charge on any atom is 0.219 e. The third kappa shape index (κ3) is 2.93. The molecular weight excluding hydrogens is 214 g/mol. The van der Waals surface area contributed by atoms with E-state index in [0.717, 1.165) is 12.1 Å². The molecule has 1 aromatic heterocycles. The topological polar surface area (TPSA) is 39.2 Å². The standard InChI is InChI=1S/C14H17NO2/c1-10-5-4-6-13(15-10)17-12-7-8-14(2,3)9-11(12)16/h4-7H,8-9H2,1-3H3. The molecule has 0 spiro atoms. The number of allylic oxidation sites excluding steroid dienone is 2. The molecule has 0 aliphatic heterocycles. The zero-order chi connectivity index (χ0) is 12.5. The van der Waals surface area contributed by atoms with Gasteiger partial charge >= 0.3 is 0 Å². The van der Waals surface area contributed by atoms with Crippen LogP contribution in [0.25, 0.3) is 0 Å². The highest BCUT2D eigenvalue weighted by Crippen LogP contribution is 2.32. The summed E-state index contributed by atoms with van der Waals surface area (Å²) in [6.07, 6.45) is 3.26. The van der Waals surface area contributed by atoms with Gasteiger partial charge in [-0.25, -0.2) is 4.98 Å². The van der Waals surface area contributed by atoms with Gasteiger partial charge < -0.3 is 4.74 Å². The fourth-order valence-electron chi connectivity index (χ4n) is 1.86. The summed E-state index contributed by atoms with van der Waals surface area (Å²) in [5.74, 6) is 0.983. The van der Waals surface area contributed by atoms with Crippen molar-refractivity contribution in [2.45, 2.75) is 33.6 Å². The first-order valence-electron chi connectivity index (χ1n) is 5.81. The Hall–Kier alpha value is -1.64. The van der Waals surface area contributed by atoms with Crippen molar-refractivity contribution in [3.8, 4) is 5.88 Å². The smallest absolute Gasteiger partial charge is 0.219 e. The second kappa shape index (κ2) is 4.32. The van der Waals surface area contributed by atoms with Crippen LogP contribution in [-0.2, 0) is 4.79 Å². The summed E-state index contributed by atoms with van der Waals surface area (Å²) in [7, 11) is 0. The molecular formula is C14H17NO2. The number of rotatable bonds is 2. The van der Waals surface area contributed by atoms with Crippen molar-refractivity contribution in [3.63, 3.8) is 0 Å². The van der Waals surface area contributed by atoms with Gasteiger partial charge in [0.25, 0.3) is 0 Å². The first kappa shape index (κ1) is 11.8. The molecule has 0 radical (unpaired) electrons. The van der Waals surface area contributed by atoms with Gasteiger partial charge in [0.2, 0.25) is 5.88 Å². The summed E-state index contributed by atoms with van der Waals surface area (Å²) in [4.78, 5) is 16.1. The van der Waals surface area contributed by atoms with Crippen LogP contribution in [0.15, 0.2) is 30.0 Å². The fraction of sp³-hybridized carbons (Fsp3) is 0.429. The molecule has 0 saturated carbocycles. The molecule has 1 aliphatic rings. The Morgan fingerprint density at radius 3 is 2.76 bits per heavy atom. The summed E-state index contributed by atoms with van der Waals surface area (Å²) in [5, 5.41) is 0. The number of ketones is 1. The molecule has 3 heteroatoms. The van der Waals surface area contributed by atoms with Gasteiger partial charge in [0.15, 0.2) is 11.5 Å². The first-order chi connectivity index (χ1) is 7.96. The minimum absolute atomic E-state index is 0.0456. The lowest BCUT2D eigenvalue weighted by atomic mass is 9.80. The number of carbonyl (C=O) groups is 1. The molecule has 1 aromatic rings. The van der Waals surface area contributed by atoms with E-state index in [1.165, 1.54) is 0 Å². The van der Waals surface area contributed by atoms with Crippen molar-refractivity contribution in [3.05, 3.63) is 35.7 Å². The zero-order valence-electron chi connectivity index (χ0n) is 10.5. The summed E-state index contributed by atoms with van der Waals surface area (Å²) >= 11 is 0. The van der Waals surface area contributed by atoms with Gasteiger partial charge in [0.05, 0.1) is 0 Å². The van der Waals surface area contributed by atoms with E-state index in [9.17, 15) is 4.79 Å². The minimum Gasteiger partial charge on any atom is -0.436 e. The summed E-state index contributed by atoms with van der Waals surface area (Å²) in [6.45, 7) is 6.07. The molecule has 0 fully saturated rings. The molecule has 17 heavy (non-hydrogen) atoms. The normalized spacial score (nSPS) is 18.8. The molecule has 0 atom stereocenters. The molecule has 0 unspecified atom stereocenters. The summed E-state index contributed by atoms with van der Waals surface area (Å²) in [5.41, 5.74) is 0.927. The molecule has 3 nitrogen and oxygen atoms in total. The van der Waals surface area contributed by atoms with Crippen LogP contribution in [0.1, 0.15) is 32.4 Å². The van der Waals surface area contributed by atoms with Gasteiger partial charge in [0.1, 0.15) is 0 Å². The van der Waals surface area contributed by atoms with Crippen molar-refractivity contribution >= 4 is 5.78 Å². The second-order valence-corrected chi connectivity index (χ2v) is 5.26. The van der Waals surface area contributed by atoms with Crippen LogP contribution in [-0.4, -0.2) is 10.8 Å². The number of aryl methyl sites for hydroxylation is 1. The van der Waals surface area contributed by atoms with Gasteiger partial charge in [-0.3, -0.25) is 4.79 Å². The number of aromatic nitrogens is 1. The Morgan fingerprint density at radius 1 is 1.35 bits per heavy atom. The van der Waals surface area contributed by atoms with E-state index in [2.05, 4.69) is 18.8 Å². The minimum atomic E-state index is 0.0456. The van der Waals surface area contributed by atoms with Crippen LogP contribution in [0.5, 0.6) is 5.88 Å². The van der Waals surface area contributed by atoms with E-state index in [4.69, 9.17) is 4.74 Å². The zero-order valence-corrected chi connectivity index (χ0v) is 10.5. The van der Waals surface area contributed by atoms with E-state index in [-0.39, 0.29) is 11.2 Å². The third-order valence-corrected chi connectivity index (χ3v) is 2.83. The van der Waals surface area contributed by atoms with E-state index < -0.39 is 0 Å². The number of nitrogens with zero attached hydrogens (tertiary/aromatic N) is 1. The predicted octanol–water partition coefficient (Wildman–Crippen LogP) is 3.04. The molecule has 0 N–H and O–H groups in total. The van der Waals surface area contributed by atoms with Crippen LogP contribution in [0.3, 0.4) is 0 Å². The molecule has 1 heterocycles. The van der Waals surface area contributed by atoms with E-state index >= 15 is 0 Å². The average Bonchev–Trinajstić information content (AvgIpc) is 2.22. The van der Waals surface area contributed by atoms with E-state index in [0.29, 0.717) is 18.1 Å². The Kier molecular flexibility index (Phi) is 3.01. The van der Waals surface area contributed by atoms with Crippen molar-refractivity contribution in [1.29, 1.82) is 0 Å². The van der Waals surface area contributed by atoms with Crippen LogP contribution in [0, 0.1) is 12.3 Å². The number of carbonyl (C=O) groups excluding carboxylic acids is 1. The van der Waals surface area contributed by atoms with Crippen molar-refractivity contribution in [1.82, 2.24) is 4.98 Å². The van der Waals surface area contributed by atoms with Crippen molar-refractivity contribution < 1.29 is 9.53 Å². The lowest BCUT2D eigenvalue weighted by Gasteiger charge is -2.26. The number of Topliss-reactive ketones (excluding diaryl/α,β-unsaturated/α-hetero) is 1. The van der Waals surface area contributed by atoms with Crippen LogP contribution in [0.4, 0.5) is 0 Å². The predicted molar refractivity (Wildman–Crippen MR) is 65.7 cm³/mol. The van der Waals surface area contributed by atoms with Crippen molar-refractivity contribution in [2.75, 3.05) is 0 Å². The SMILES string of the molecule is Cc1cccc(OC2=CCC(C)(C)CC2=O)n1. The van der Waals surface area contributed by atoms with E-state index in [1.807, 2.05) is 25.1 Å². The summed E-state index contributed by atoms with van der Waals surface area (Å²) < 4.78 is 5.54. The highest BCUT2D eigenvalue weighted by atomic mass is 16.5. The van der Waals surface area contributed by atoms with Crippen molar-refractivity contribution in [2.24, 2.45) is 5.41 Å². The molecule has 0 bridgehead atoms. The Labute approximate surface area is 102 Å². The second-order valence-electron chi connectivity index (χ2n) is 5.26. The number of pyridine rings is 1. The lowest BCUT2D eigenvalue weighted by molar-refractivity contribution is -0.120. The Morgan fingerprint density at radius 2 is 2.12 bits per heavy atom. The Bertz CT molecular complexity index is 475. The van der Waals surface area contributed by atoms with Gasteiger partial charge in [-0.2, -0.15) is 0 Å². The lowest BCUT2D eigenvalue weighted by Crippen LogP contribution is -2.24. The largest absolute Gasteiger partial charge is 0.436 e. The van der Waals surface area contributed by atoms with Crippen LogP contribution < -0.4 is 4.74 Å². The molecule has 0 aromatic carbocycles. The molecule has 1 aliphatic carbocycles. The monoisotopic (exact) mass is 231 g/mol. The van der Waals surface area contributed by atoms with E-state index in [1.54, 1.807) is 6.07 Å². The average molecular weight is 231 g/mol.